The highest BCUT2D eigenvalue weighted by molar-refractivity contribution is 6.42. The van der Waals surface area contributed by atoms with Crippen molar-refractivity contribution in [3.05, 3.63) is 33.8 Å². The fourth-order valence-electron chi connectivity index (χ4n) is 2.48. The van der Waals surface area contributed by atoms with Gasteiger partial charge in [-0.3, -0.25) is 4.90 Å². The molecule has 0 aliphatic carbocycles. The Labute approximate surface area is 113 Å². The second-order valence-electron chi connectivity index (χ2n) is 4.88. The molecule has 1 N–H and O–H groups in total. The Morgan fingerprint density at radius 3 is 2.53 bits per heavy atom. The van der Waals surface area contributed by atoms with E-state index in [1.54, 1.807) is 0 Å². The van der Waals surface area contributed by atoms with Crippen molar-refractivity contribution in [2.24, 2.45) is 0 Å². The van der Waals surface area contributed by atoms with Gasteiger partial charge in [-0.1, -0.05) is 35.3 Å². The minimum absolute atomic E-state index is 0.525. The zero-order valence-corrected chi connectivity index (χ0v) is 11.7. The molecule has 2 unspecified atom stereocenters. The van der Waals surface area contributed by atoms with Crippen LogP contribution in [0.2, 0.25) is 10.0 Å². The van der Waals surface area contributed by atoms with Crippen molar-refractivity contribution in [1.29, 1.82) is 0 Å². The van der Waals surface area contributed by atoms with E-state index in [-0.39, 0.29) is 0 Å². The van der Waals surface area contributed by atoms with Crippen LogP contribution in [-0.2, 0) is 6.54 Å². The molecule has 1 aliphatic rings. The third-order valence-electron chi connectivity index (χ3n) is 3.06. The van der Waals surface area contributed by atoms with Crippen LogP contribution in [0.25, 0.3) is 0 Å². The Kier molecular flexibility index (Phi) is 4.31. The van der Waals surface area contributed by atoms with Gasteiger partial charge in [-0.2, -0.15) is 0 Å². The summed E-state index contributed by atoms with van der Waals surface area (Å²) in [5, 5.41) is 4.85. The SMILES string of the molecule is CC1CN(Cc2cccc(Cl)c2Cl)CC(C)N1. The van der Waals surface area contributed by atoms with Gasteiger partial charge >= 0.3 is 0 Å². The number of nitrogens with zero attached hydrogens (tertiary/aromatic N) is 1. The van der Waals surface area contributed by atoms with Gasteiger partial charge in [0, 0.05) is 31.7 Å². The Morgan fingerprint density at radius 2 is 1.88 bits per heavy atom. The number of halogens is 2. The van der Waals surface area contributed by atoms with Crippen LogP contribution in [0.3, 0.4) is 0 Å². The minimum Gasteiger partial charge on any atom is -0.309 e. The Bertz CT molecular complexity index is 385. The maximum atomic E-state index is 6.21. The van der Waals surface area contributed by atoms with E-state index in [4.69, 9.17) is 23.2 Å². The molecule has 0 saturated carbocycles. The first-order valence-electron chi connectivity index (χ1n) is 5.97. The lowest BCUT2D eigenvalue weighted by Crippen LogP contribution is -2.53. The van der Waals surface area contributed by atoms with Crippen LogP contribution in [0, 0.1) is 0 Å². The van der Waals surface area contributed by atoms with E-state index in [0.29, 0.717) is 22.1 Å². The van der Waals surface area contributed by atoms with E-state index >= 15 is 0 Å². The van der Waals surface area contributed by atoms with Crippen LogP contribution in [0.4, 0.5) is 0 Å². The van der Waals surface area contributed by atoms with Crippen LogP contribution in [0.1, 0.15) is 19.4 Å². The number of nitrogens with one attached hydrogen (secondary N) is 1. The molecule has 1 heterocycles. The number of rotatable bonds is 2. The standard InChI is InChI=1S/C13H18Cl2N2/c1-9-6-17(7-10(2)16-9)8-11-4-3-5-12(14)13(11)15/h3-5,9-10,16H,6-8H2,1-2H3. The van der Waals surface area contributed by atoms with Crippen LogP contribution < -0.4 is 5.32 Å². The highest BCUT2D eigenvalue weighted by atomic mass is 35.5. The molecule has 4 heteroatoms. The number of piperazine rings is 1. The van der Waals surface area contributed by atoms with E-state index in [0.717, 1.165) is 25.2 Å². The Hall–Kier alpha value is -0.280. The van der Waals surface area contributed by atoms with E-state index in [2.05, 4.69) is 24.1 Å². The highest BCUT2D eigenvalue weighted by Gasteiger charge is 2.21. The average molecular weight is 273 g/mol. The maximum absolute atomic E-state index is 6.21. The van der Waals surface area contributed by atoms with Crippen molar-refractivity contribution in [3.63, 3.8) is 0 Å². The van der Waals surface area contributed by atoms with Crippen LogP contribution in [-0.4, -0.2) is 30.1 Å². The van der Waals surface area contributed by atoms with E-state index in [1.165, 1.54) is 0 Å². The molecule has 0 aromatic heterocycles. The first kappa shape index (κ1) is 13.2. The Balaban J connectivity index is 2.07. The zero-order chi connectivity index (χ0) is 12.4. The van der Waals surface area contributed by atoms with E-state index < -0.39 is 0 Å². The predicted molar refractivity (Wildman–Crippen MR) is 73.8 cm³/mol. The molecule has 0 amide bonds. The molecule has 1 fully saturated rings. The van der Waals surface area contributed by atoms with Gasteiger partial charge in [0.25, 0.3) is 0 Å². The van der Waals surface area contributed by atoms with Crippen LogP contribution in [0.15, 0.2) is 18.2 Å². The summed E-state index contributed by atoms with van der Waals surface area (Å²) in [4.78, 5) is 2.42. The summed E-state index contributed by atoms with van der Waals surface area (Å²) in [6.45, 7) is 7.39. The van der Waals surface area contributed by atoms with Crippen LogP contribution >= 0.6 is 23.2 Å². The van der Waals surface area contributed by atoms with Gasteiger partial charge in [-0.25, -0.2) is 0 Å². The fourth-order valence-corrected chi connectivity index (χ4v) is 2.86. The zero-order valence-electron chi connectivity index (χ0n) is 10.2. The lowest BCUT2D eigenvalue weighted by molar-refractivity contribution is 0.166. The first-order valence-corrected chi connectivity index (χ1v) is 6.73. The number of benzene rings is 1. The molecule has 1 aromatic rings. The molecular weight excluding hydrogens is 255 g/mol. The summed E-state index contributed by atoms with van der Waals surface area (Å²) in [7, 11) is 0. The molecule has 94 valence electrons. The number of hydrogen-bond acceptors (Lipinski definition) is 2. The van der Waals surface area contributed by atoms with Crippen molar-refractivity contribution in [2.45, 2.75) is 32.5 Å². The predicted octanol–water partition coefficient (Wildman–Crippen LogP) is 3.18. The topological polar surface area (TPSA) is 15.3 Å². The lowest BCUT2D eigenvalue weighted by atomic mass is 10.1. The second kappa shape index (κ2) is 5.57. The van der Waals surface area contributed by atoms with Crippen molar-refractivity contribution in [1.82, 2.24) is 10.2 Å². The summed E-state index contributed by atoms with van der Waals surface area (Å²) in [5.74, 6) is 0. The molecule has 1 aliphatic heterocycles. The molecule has 1 saturated heterocycles. The summed E-state index contributed by atoms with van der Waals surface area (Å²) in [6, 6.07) is 6.88. The number of hydrogen-bond donors (Lipinski definition) is 1. The van der Waals surface area contributed by atoms with Gasteiger partial charge in [0.05, 0.1) is 10.0 Å². The molecule has 2 atom stereocenters. The largest absolute Gasteiger partial charge is 0.309 e. The quantitative estimate of drug-likeness (QED) is 0.890. The molecule has 17 heavy (non-hydrogen) atoms. The van der Waals surface area contributed by atoms with Crippen molar-refractivity contribution in [3.8, 4) is 0 Å². The monoisotopic (exact) mass is 272 g/mol. The lowest BCUT2D eigenvalue weighted by Gasteiger charge is -2.36. The molecule has 0 bridgehead atoms. The third-order valence-corrected chi connectivity index (χ3v) is 3.92. The average Bonchev–Trinajstić information content (AvgIpc) is 2.23. The van der Waals surface area contributed by atoms with Gasteiger partial charge in [0.2, 0.25) is 0 Å². The smallest absolute Gasteiger partial charge is 0.0637 e. The van der Waals surface area contributed by atoms with Gasteiger partial charge in [-0.15, -0.1) is 0 Å². The van der Waals surface area contributed by atoms with Gasteiger partial charge in [0.1, 0.15) is 0 Å². The molecular formula is C13H18Cl2N2. The van der Waals surface area contributed by atoms with Crippen molar-refractivity contribution >= 4 is 23.2 Å². The summed E-state index contributed by atoms with van der Waals surface area (Å²) in [5.41, 5.74) is 1.11. The minimum atomic E-state index is 0.525. The molecule has 1 aromatic carbocycles. The van der Waals surface area contributed by atoms with E-state index in [9.17, 15) is 0 Å². The summed E-state index contributed by atoms with van der Waals surface area (Å²) >= 11 is 12.2. The fraction of sp³-hybridized carbons (Fsp3) is 0.538. The summed E-state index contributed by atoms with van der Waals surface area (Å²) in [6.07, 6.45) is 0. The maximum Gasteiger partial charge on any atom is 0.0637 e. The van der Waals surface area contributed by atoms with Crippen LogP contribution in [0.5, 0.6) is 0 Å². The van der Waals surface area contributed by atoms with Gasteiger partial charge < -0.3 is 5.32 Å². The normalized spacial score (nSPS) is 26.1. The van der Waals surface area contributed by atoms with Gasteiger partial charge in [0.15, 0.2) is 0 Å². The van der Waals surface area contributed by atoms with E-state index in [1.807, 2.05) is 18.2 Å². The molecule has 2 rings (SSSR count). The summed E-state index contributed by atoms with van der Waals surface area (Å²) < 4.78 is 0. The highest BCUT2D eigenvalue weighted by Crippen LogP contribution is 2.26. The Morgan fingerprint density at radius 1 is 1.24 bits per heavy atom. The molecule has 2 nitrogen and oxygen atoms in total. The molecule has 0 spiro atoms. The second-order valence-corrected chi connectivity index (χ2v) is 5.66. The van der Waals surface area contributed by atoms with Crippen molar-refractivity contribution < 1.29 is 0 Å². The third kappa shape index (κ3) is 3.35. The van der Waals surface area contributed by atoms with Crippen molar-refractivity contribution in [2.75, 3.05) is 13.1 Å². The van der Waals surface area contributed by atoms with Gasteiger partial charge in [-0.05, 0) is 25.5 Å². The first-order chi connectivity index (χ1) is 8.06. The molecule has 0 radical (unpaired) electrons.